The summed E-state index contributed by atoms with van der Waals surface area (Å²) in [5, 5.41) is 1.98. The van der Waals surface area contributed by atoms with E-state index in [0.717, 1.165) is 17.7 Å². The van der Waals surface area contributed by atoms with Crippen LogP contribution in [0.1, 0.15) is 12.8 Å². The maximum absolute atomic E-state index is 11.2. The Hall–Kier alpha value is -1.04. The Kier molecular flexibility index (Phi) is 2.02. The number of nitrogens with zero attached hydrogens (tertiary/aromatic N) is 1. The molecule has 1 saturated carbocycles. The molecule has 1 aliphatic carbocycles. The number of rotatable bonds is 3. The molecule has 0 unspecified atom stereocenters. The number of nitrogens with one attached hydrogen (secondary N) is 1. The van der Waals surface area contributed by atoms with Gasteiger partial charge in [0, 0.05) is 11.3 Å². The molecule has 1 N–H and O–H groups in total. The van der Waals surface area contributed by atoms with Crippen LogP contribution in [0, 0.1) is 0 Å². The van der Waals surface area contributed by atoms with Crippen LogP contribution in [0.15, 0.2) is 0 Å². The third kappa shape index (κ3) is 1.39. The van der Waals surface area contributed by atoms with Crippen LogP contribution in [-0.2, 0) is 9.59 Å². The summed E-state index contributed by atoms with van der Waals surface area (Å²) in [6.07, 6.45) is 3.95. The summed E-state index contributed by atoms with van der Waals surface area (Å²) in [4.78, 5) is 34.3. The van der Waals surface area contributed by atoms with Gasteiger partial charge in [-0.15, -0.1) is 0 Å². The van der Waals surface area contributed by atoms with Gasteiger partial charge >= 0.3 is 17.8 Å². The van der Waals surface area contributed by atoms with Gasteiger partial charge in [0.05, 0.1) is 0 Å². The van der Waals surface area contributed by atoms with E-state index >= 15 is 0 Å². The number of hydrogen-bond donors (Lipinski definition) is 1. The summed E-state index contributed by atoms with van der Waals surface area (Å²) in [7, 11) is 0. The van der Waals surface area contributed by atoms with Crippen molar-refractivity contribution in [3.63, 3.8) is 0 Å². The Bertz CT molecular complexity index is 325. The molecule has 0 radical (unpaired) electrons. The molecule has 2 rings (SSSR count). The van der Waals surface area contributed by atoms with Gasteiger partial charge in [-0.25, -0.2) is 4.79 Å². The predicted octanol–water partition coefficient (Wildman–Crippen LogP) is -0.0396. The molecule has 76 valence electrons. The monoisotopic (exact) mass is 214 g/mol. The standard InChI is InChI=1S/C8H10N2O3S/c1-14-8(2-3-8)4-10-6(12)5(11)9-7(10)13/h2-4H2,1H3,(H,9,11,13). The molecule has 1 heterocycles. The average molecular weight is 214 g/mol. The first-order chi connectivity index (χ1) is 6.58. The molecule has 5 nitrogen and oxygen atoms in total. The van der Waals surface area contributed by atoms with Gasteiger partial charge in [0.1, 0.15) is 0 Å². The zero-order valence-corrected chi connectivity index (χ0v) is 8.52. The number of carbonyl (C=O) groups is 3. The van der Waals surface area contributed by atoms with Crippen molar-refractivity contribution in [1.29, 1.82) is 0 Å². The van der Waals surface area contributed by atoms with E-state index in [4.69, 9.17) is 0 Å². The Morgan fingerprint density at radius 1 is 1.43 bits per heavy atom. The van der Waals surface area contributed by atoms with Gasteiger partial charge in [0.25, 0.3) is 0 Å². The van der Waals surface area contributed by atoms with E-state index in [0.29, 0.717) is 6.54 Å². The van der Waals surface area contributed by atoms with E-state index < -0.39 is 17.8 Å². The summed E-state index contributed by atoms with van der Waals surface area (Å²) < 4.78 is 0.0115. The van der Waals surface area contributed by atoms with Gasteiger partial charge in [-0.05, 0) is 19.1 Å². The Morgan fingerprint density at radius 3 is 2.43 bits per heavy atom. The zero-order chi connectivity index (χ0) is 10.3. The first-order valence-corrected chi connectivity index (χ1v) is 5.52. The summed E-state index contributed by atoms with van der Waals surface area (Å²) in [5.74, 6) is -1.54. The van der Waals surface area contributed by atoms with E-state index in [1.807, 2.05) is 11.6 Å². The molecule has 0 aromatic rings. The van der Waals surface area contributed by atoms with E-state index in [1.165, 1.54) is 0 Å². The van der Waals surface area contributed by atoms with Crippen LogP contribution in [0.2, 0.25) is 0 Å². The van der Waals surface area contributed by atoms with Crippen molar-refractivity contribution >= 4 is 29.6 Å². The van der Waals surface area contributed by atoms with Gasteiger partial charge in [0.2, 0.25) is 0 Å². The number of imide groups is 2. The minimum Gasteiger partial charge on any atom is -0.269 e. The number of carbonyl (C=O) groups excluding carboxylic acids is 3. The van der Waals surface area contributed by atoms with Gasteiger partial charge in [-0.1, -0.05) is 0 Å². The highest BCUT2D eigenvalue weighted by Crippen LogP contribution is 2.47. The lowest BCUT2D eigenvalue weighted by atomic mass is 10.3. The van der Waals surface area contributed by atoms with E-state index in [-0.39, 0.29) is 4.75 Å². The molecule has 0 aromatic carbocycles. The fraction of sp³-hybridized carbons (Fsp3) is 0.625. The molecule has 1 aliphatic heterocycles. The van der Waals surface area contributed by atoms with Gasteiger partial charge < -0.3 is 0 Å². The lowest BCUT2D eigenvalue weighted by Crippen LogP contribution is -2.37. The summed E-state index contributed by atoms with van der Waals surface area (Å²) in [6.45, 7) is 0.352. The van der Waals surface area contributed by atoms with Crippen LogP contribution in [0.4, 0.5) is 4.79 Å². The molecule has 0 aromatic heterocycles. The maximum atomic E-state index is 11.2. The topological polar surface area (TPSA) is 66.5 Å². The molecule has 0 atom stereocenters. The molecule has 2 aliphatic rings. The lowest BCUT2D eigenvalue weighted by Gasteiger charge is -2.17. The van der Waals surface area contributed by atoms with Crippen LogP contribution >= 0.6 is 11.8 Å². The molecule has 1 saturated heterocycles. The van der Waals surface area contributed by atoms with Crippen LogP contribution in [0.3, 0.4) is 0 Å². The highest BCUT2D eigenvalue weighted by molar-refractivity contribution is 8.00. The second-order valence-corrected chi connectivity index (χ2v) is 4.81. The van der Waals surface area contributed by atoms with Crippen LogP contribution in [0.5, 0.6) is 0 Å². The average Bonchev–Trinajstić information content (AvgIpc) is 2.88. The van der Waals surface area contributed by atoms with Crippen molar-refractivity contribution in [2.75, 3.05) is 12.8 Å². The zero-order valence-electron chi connectivity index (χ0n) is 7.70. The van der Waals surface area contributed by atoms with Crippen LogP contribution < -0.4 is 5.32 Å². The van der Waals surface area contributed by atoms with E-state index in [9.17, 15) is 14.4 Å². The fourth-order valence-electron chi connectivity index (χ4n) is 1.43. The highest BCUT2D eigenvalue weighted by atomic mass is 32.2. The van der Waals surface area contributed by atoms with Crippen molar-refractivity contribution in [3.05, 3.63) is 0 Å². The van der Waals surface area contributed by atoms with Crippen molar-refractivity contribution in [2.24, 2.45) is 0 Å². The predicted molar refractivity (Wildman–Crippen MR) is 50.7 cm³/mol. The quantitative estimate of drug-likeness (QED) is 0.529. The molecule has 14 heavy (non-hydrogen) atoms. The van der Waals surface area contributed by atoms with E-state index in [1.54, 1.807) is 11.8 Å². The number of amides is 4. The SMILES string of the molecule is CSC1(CN2C(=O)NC(=O)C2=O)CC1. The van der Waals surface area contributed by atoms with Gasteiger partial charge in [0.15, 0.2) is 0 Å². The van der Waals surface area contributed by atoms with Crippen molar-refractivity contribution in [3.8, 4) is 0 Å². The normalized spacial score (nSPS) is 24.1. The number of thioether (sulfide) groups is 1. The second-order valence-electron chi connectivity index (χ2n) is 3.54. The molecule has 2 fully saturated rings. The van der Waals surface area contributed by atoms with Crippen molar-refractivity contribution in [2.45, 2.75) is 17.6 Å². The fourth-order valence-corrected chi connectivity index (χ4v) is 2.20. The highest BCUT2D eigenvalue weighted by Gasteiger charge is 2.48. The first-order valence-electron chi connectivity index (χ1n) is 4.30. The molecule has 6 heteroatoms. The Balaban J connectivity index is 2.08. The van der Waals surface area contributed by atoms with Crippen molar-refractivity contribution in [1.82, 2.24) is 10.2 Å². The van der Waals surface area contributed by atoms with Crippen LogP contribution in [-0.4, -0.2) is 40.3 Å². The van der Waals surface area contributed by atoms with E-state index in [2.05, 4.69) is 0 Å². The van der Waals surface area contributed by atoms with Crippen molar-refractivity contribution < 1.29 is 14.4 Å². The molecule has 0 bridgehead atoms. The number of hydrogen-bond acceptors (Lipinski definition) is 4. The third-order valence-electron chi connectivity index (χ3n) is 2.59. The third-order valence-corrected chi connectivity index (χ3v) is 4.00. The summed E-state index contributed by atoms with van der Waals surface area (Å²) in [5.41, 5.74) is 0. The summed E-state index contributed by atoms with van der Waals surface area (Å²) in [6, 6.07) is -0.583. The molecular weight excluding hydrogens is 204 g/mol. The molecule has 4 amide bonds. The lowest BCUT2D eigenvalue weighted by molar-refractivity contribution is -0.140. The van der Waals surface area contributed by atoms with Gasteiger partial charge in [-0.2, -0.15) is 11.8 Å². The molecule has 0 spiro atoms. The maximum Gasteiger partial charge on any atom is 0.331 e. The largest absolute Gasteiger partial charge is 0.331 e. The van der Waals surface area contributed by atoms with Crippen LogP contribution in [0.25, 0.3) is 0 Å². The Labute approximate surface area is 85.2 Å². The Morgan fingerprint density at radius 2 is 2.07 bits per heavy atom. The first kappa shape index (κ1) is 9.51. The van der Waals surface area contributed by atoms with Gasteiger partial charge in [-0.3, -0.25) is 19.8 Å². The summed E-state index contributed by atoms with van der Waals surface area (Å²) >= 11 is 1.65. The number of urea groups is 1. The minimum absolute atomic E-state index is 0.0115. The molecular formula is C8H10N2O3S. The smallest absolute Gasteiger partial charge is 0.269 e. The minimum atomic E-state index is -0.813. The second kappa shape index (κ2) is 2.98.